The van der Waals surface area contributed by atoms with Crippen molar-refractivity contribution in [1.82, 2.24) is 10.3 Å². The molecule has 1 fully saturated rings. The number of aromatic nitrogens is 1. The Morgan fingerprint density at radius 3 is 2.84 bits per heavy atom. The lowest BCUT2D eigenvalue weighted by atomic mass is 9.98. The lowest BCUT2D eigenvalue weighted by molar-refractivity contribution is -0.126. The minimum absolute atomic E-state index is 0.0601. The quantitative estimate of drug-likeness (QED) is 0.724. The predicted molar refractivity (Wildman–Crippen MR) is 65.6 cm³/mol. The summed E-state index contributed by atoms with van der Waals surface area (Å²) in [5.74, 6) is -1.60. The smallest absolute Gasteiger partial charge is 0.354 e. The maximum atomic E-state index is 11.9. The molecule has 1 atom stereocenters. The Morgan fingerprint density at radius 2 is 2.21 bits per heavy atom. The summed E-state index contributed by atoms with van der Waals surface area (Å²) >= 11 is 0. The van der Waals surface area contributed by atoms with Crippen molar-refractivity contribution in [3.63, 3.8) is 0 Å². The van der Waals surface area contributed by atoms with Crippen molar-refractivity contribution in [2.75, 3.05) is 11.9 Å². The fourth-order valence-electron chi connectivity index (χ4n) is 1.81. The first kappa shape index (κ1) is 13.0. The largest absolute Gasteiger partial charge is 0.477 e. The molecule has 19 heavy (non-hydrogen) atoms. The minimum atomic E-state index is -1.15. The highest BCUT2D eigenvalue weighted by Gasteiger charge is 2.24. The molecule has 0 radical (unpaired) electrons. The molecule has 3 N–H and O–H groups in total. The Hall–Kier alpha value is -2.44. The average Bonchev–Trinajstić information content (AvgIpc) is 2.39. The fourth-order valence-corrected chi connectivity index (χ4v) is 1.81. The van der Waals surface area contributed by atoms with Gasteiger partial charge in [0.15, 0.2) is 5.69 Å². The van der Waals surface area contributed by atoms with Crippen molar-refractivity contribution in [2.45, 2.75) is 12.8 Å². The van der Waals surface area contributed by atoms with Crippen molar-refractivity contribution in [1.29, 1.82) is 0 Å². The molecular formula is C12H13N3O4. The van der Waals surface area contributed by atoms with Crippen molar-refractivity contribution in [2.24, 2.45) is 5.92 Å². The molecule has 1 unspecified atom stereocenters. The van der Waals surface area contributed by atoms with Crippen molar-refractivity contribution in [3.05, 3.63) is 23.9 Å². The number of piperidine rings is 1. The molecule has 1 saturated heterocycles. The van der Waals surface area contributed by atoms with E-state index in [1.165, 1.54) is 18.2 Å². The van der Waals surface area contributed by atoms with Crippen LogP contribution in [0.5, 0.6) is 0 Å². The zero-order valence-corrected chi connectivity index (χ0v) is 10.0. The van der Waals surface area contributed by atoms with Gasteiger partial charge in [-0.15, -0.1) is 0 Å². The number of carbonyl (C=O) groups excluding carboxylic acids is 2. The van der Waals surface area contributed by atoms with Crippen LogP contribution in [0.3, 0.4) is 0 Å². The predicted octanol–water partition coefficient (Wildman–Crippen LogP) is 0.244. The van der Waals surface area contributed by atoms with E-state index in [9.17, 15) is 14.4 Å². The molecule has 0 saturated carbocycles. The van der Waals surface area contributed by atoms with Gasteiger partial charge in [-0.25, -0.2) is 9.78 Å². The zero-order chi connectivity index (χ0) is 13.8. The Balaban J connectivity index is 2.00. The molecule has 1 aliphatic rings. The number of carboxylic acid groups (broad SMARTS) is 1. The van der Waals surface area contributed by atoms with E-state index < -0.39 is 5.97 Å². The number of rotatable bonds is 3. The number of carboxylic acids is 1. The summed E-state index contributed by atoms with van der Waals surface area (Å²) in [7, 11) is 0. The van der Waals surface area contributed by atoms with E-state index in [1.807, 2.05) is 0 Å². The van der Waals surface area contributed by atoms with Crippen LogP contribution in [0.4, 0.5) is 5.82 Å². The van der Waals surface area contributed by atoms with Crippen LogP contribution in [0, 0.1) is 5.92 Å². The van der Waals surface area contributed by atoms with Gasteiger partial charge in [-0.05, 0) is 18.6 Å². The highest BCUT2D eigenvalue weighted by Crippen LogP contribution is 2.14. The molecule has 2 heterocycles. The van der Waals surface area contributed by atoms with Gasteiger partial charge in [0.2, 0.25) is 11.8 Å². The summed E-state index contributed by atoms with van der Waals surface area (Å²) in [6.07, 6.45) is 0.803. The fraction of sp³-hybridized carbons (Fsp3) is 0.333. The SMILES string of the molecule is O=C1CCC(C(=O)Nc2cccc(C(=O)O)n2)CN1. The molecule has 7 nitrogen and oxygen atoms in total. The summed E-state index contributed by atoms with van der Waals surface area (Å²) < 4.78 is 0. The maximum Gasteiger partial charge on any atom is 0.354 e. The van der Waals surface area contributed by atoms with Crippen LogP contribution in [0.15, 0.2) is 18.2 Å². The number of nitrogens with zero attached hydrogens (tertiary/aromatic N) is 1. The summed E-state index contributed by atoms with van der Waals surface area (Å²) in [5.41, 5.74) is -0.130. The number of nitrogens with one attached hydrogen (secondary N) is 2. The molecule has 1 aromatic rings. The van der Waals surface area contributed by atoms with E-state index in [1.54, 1.807) is 0 Å². The number of pyridine rings is 1. The molecule has 0 aliphatic carbocycles. The highest BCUT2D eigenvalue weighted by atomic mass is 16.4. The van der Waals surface area contributed by atoms with Gasteiger partial charge in [-0.3, -0.25) is 9.59 Å². The van der Waals surface area contributed by atoms with Crippen LogP contribution >= 0.6 is 0 Å². The molecule has 100 valence electrons. The summed E-state index contributed by atoms with van der Waals surface area (Å²) in [6, 6.07) is 4.37. The molecule has 2 rings (SSSR count). The second-order valence-electron chi connectivity index (χ2n) is 4.24. The van der Waals surface area contributed by atoms with Gasteiger partial charge >= 0.3 is 5.97 Å². The van der Waals surface area contributed by atoms with Gasteiger partial charge in [0.05, 0.1) is 5.92 Å². The van der Waals surface area contributed by atoms with Crippen LogP contribution in [-0.4, -0.2) is 34.4 Å². The molecular weight excluding hydrogens is 250 g/mol. The van der Waals surface area contributed by atoms with E-state index in [0.717, 1.165) is 0 Å². The Morgan fingerprint density at radius 1 is 1.42 bits per heavy atom. The second kappa shape index (κ2) is 5.47. The Kier molecular flexibility index (Phi) is 3.74. The number of amides is 2. The third kappa shape index (κ3) is 3.27. The van der Waals surface area contributed by atoms with E-state index in [0.29, 0.717) is 19.4 Å². The van der Waals surface area contributed by atoms with Gasteiger partial charge in [0.1, 0.15) is 5.82 Å². The van der Waals surface area contributed by atoms with Crippen LogP contribution in [-0.2, 0) is 9.59 Å². The molecule has 0 spiro atoms. The summed E-state index contributed by atoms with van der Waals surface area (Å²) in [6.45, 7) is 0.295. The number of aromatic carboxylic acids is 1. The van der Waals surface area contributed by atoms with Crippen molar-refractivity contribution >= 4 is 23.6 Å². The normalized spacial score (nSPS) is 18.5. The van der Waals surface area contributed by atoms with Crippen LogP contribution in [0.1, 0.15) is 23.3 Å². The van der Waals surface area contributed by atoms with Gasteiger partial charge < -0.3 is 15.7 Å². The summed E-state index contributed by atoms with van der Waals surface area (Å²) in [4.78, 5) is 37.5. The maximum absolute atomic E-state index is 11.9. The van der Waals surface area contributed by atoms with Crippen LogP contribution in [0.25, 0.3) is 0 Å². The molecule has 7 heteroatoms. The van der Waals surface area contributed by atoms with E-state index in [-0.39, 0.29) is 29.2 Å². The topological polar surface area (TPSA) is 108 Å². The Bertz CT molecular complexity index is 519. The molecule has 0 bridgehead atoms. The molecule has 2 amide bonds. The third-order valence-corrected chi connectivity index (χ3v) is 2.86. The van der Waals surface area contributed by atoms with Gasteiger partial charge in [-0.2, -0.15) is 0 Å². The molecule has 1 aromatic heterocycles. The highest BCUT2D eigenvalue weighted by molar-refractivity contribution is 5.94. The first-order valence-corrected chi connectivity index (χ1v) is 5.84. The van der Waals surface area contributed by atoms with Gasteiger partial charge in [0, 0.05) is 13.0 Å². The average molecular weight is 263 g/mol. The monoisotopic (exact) mass is 263 g/mol. The molecule has 0 aromatic carbocycles. The Labute approximate surface area is 109 Å². The first-order valence-electron chi connectivity index (χ1n) is 5.84. The number of carbonyl (C=O) groups is 3. The third-order valence-electron chi connectivity index (χ3n) is 2.86. The van der Waals surface area contributed by atoms with Gasteiger partial charge in [-0.1, -0.05) is 6.07 Å². The second-order valence-corrected chi connectivity index (χ2v) is 4.24. The minimum Gasteiger partial charge on any atom is -0.477 e. The number of hydrogen-bond acceptors (Lipinski definition) is 4. The van der Waals surface area contributed by atoms with Crippen LogP contribution in [0.2, 0.25) is 0 Å². The lowest BCUT2D eigenvalue weighted by Gasteiger charge is -2.21. The van der Waals surface area contributed by atoms with Crippen molar-refractivity contribution in [3.8, 4) is 0 Å². The first-order chi connectivity index (χ1) is 9.06. The number of hydrogen-bond donors (Lipinski definition) is 3. The lowest BCUT2D eigenvalue weighted by Crippen LogP contribution is -2.40. The summed E-state index contributed by atoms with van der Waals surface area (Å²) in [5, 5.41) is 14.0. The number of anilines is 1. The zero-order valence-electron chi connectivity index (χ0n) is 10.0. The van der Waals surface area contributed by atoms with E-state index in [2.05, 4.69) is 15.6 Å². The van der Waals surface area contributed by atoms with E-state index >= 15 is 0 Å². The van der Waals surface area contributed by atoms with Crippen molar-refractivity contribution < 1.29 is 19.5 Å². The standard InChI is InChI=1S/C12H13N3O4/c16-10-5-4-7(6-13-10)11(17)15-9-3-1-2-8(14-9)12(18)19/h1-3,7H,4-6H2,(H,13,16)(H,18,19)(H,14,15,17). The van der Waals surface area contributed by atoms with Crippen LogP contribution < -0.4 is 10.6 Å². The van der Waals surface area contributed by atoms with Gasteiger partial charge in [0.25, 0.3) is 0 Å². The van der Waals surface area contributed by atoms with E-state index in [4.69, 9.17) is 5.11 Å². The molecule has 1 aliphatic heterocycles.